The SMILES string of the molecule is CC(C)(C)NC(=O)c1cc(-c2ccc(F)cc2)nc(-n2ccnc2CO)c1. The van der Waals surface area contributed by atoms with Crippen molar-refractivity contribution in [3.8, 4) is 17.1 Å². The summed E-state index contributed by atoms with van der Waals surface area (Å²) in [6, 6.07) is 9.19. The summed E-state index contributed by atoms with van der Waals surface area (Å²) in [5.74, 6) is 0.247. The normalized spacial score (nSPS) is 11.4. The lowest BCUT2D eigenvalue weighted by Gasteiger charge is -2.21. The molecule has 2 aromatic heterocycles. The number of carbonyl (C=O) groups excluding carboxylic acids is 1. The van der Waals surface area contributed by atoms with Crippen LogP contribution < -0.4 is 5.32 Å². The Kier molecular flexibility index (Phi) is 5.05. The molecule has 3 rings (SSSR count). The molecule has 2 N–H and O–H groups in total. The van der Waals surface area contributed by atoms with E-state index in [1.165, 1.54) is 12.1 Å². The number of amides is 1. The predicted octanol–water partition coefficient (Wildman–Crippen LogP) is 3.09. The van der Waals surface area contributed by atoms with E-state index in [0.717, 1.165) is 0 Å². The van der Waals surface area contributed by atoms with Gasteiger partial charge in [0.2, 0.25) is 0 Å². The number of hydrogen-bond acceptors (Lipinski definition) is 4. The van der Waals surface area contributed by atoms with Gasteiger partial charge in [0.15, 0.2) is 0 Å². The highest BCUT2D eigenvalue weighted by atomic mass is 19.1. The van der Waals surface area contributed by atoms with Gasteiger partial charge in [-0.15, -0.1) is 0 Å². The highest BCUT2D eigenvalue weighted by Crippen LogP contribution is 2.22. The van der Waals surface area contributed by atoms with Gasteiger partial charge in [-0.3, -0.25) is 9.36 Å². The molecule has 1 aromatic carbocycles. The summed E-state index contributed by atoms with van der Waals surface area (Å²) in [5.41, 5.74) is 1.20. The highest BCUT2D eigenvalue weighted by molar-refractivity contribution is 5.96. The summed E-state index contributed by atoms with van der Waals surface area (Å²) in [6.07, 6.45) is 3.21. The van der Waals surface area contributed by atoms with Gasteiger partial charge in [-0.2, -0.15) is 0 Å². The van der Waals surface area contributed by atoms with Crippen molar-refractivity contribution in [1.82, 2.24) is 19.9 Å². The van der Waals surface area contributed by atoms with Crippen molar-refractivity contribution in [2.45, 2.75) is 32.9 Å². The van der Waals surface area contributed by atoms with E-state index in [4.69, 9.17) is 0 Å². The van der Waals surface area contributed by atoms with Gasteiger partial charge in [0.1, 0.15) is 24.1 Å². The fourth-order valence-electron chi connectivity index (χ4n) is 2.61. The summed E-state index contributed by atoms with van der Waals surface area (Å²) >= 11 is 0. The Morgan fingerprint density at radius 2 is 1.93 bits per heavy atom. The number of carbonyl (C=O) groups is 1. The van der Waals surface area contributed by atoms with Crippen LogP contribution >= 0.6 is 0 Å². The van der Waals surface area contributed by atoms with Gasteiger partial charge in [0.25, 0.3) is 5.91 Å². The Morgan fingerprint density at radius 3 is 2.56 bits per heavy atom. The number of hydrogen-bond donors (Lipinski definition) is 2. The number of rotatable bonds is 4. The second-order valence-electron chi connectivity index (χ2n) is 7.18. The first kappa shape index (κ1) is 18.7. The number of nitrogens with one attached hydrogen (secondary N) is 1. The van der Waals surface area contributed by atoms with Crippen molar-refractivity contribution < 1.29 is 14.3 Å². The fourth-order valence-corrected chi connectivity index (χ4v) is 2.61. The minimum atomic E-state index is -0.401. The summed E-state index contributed by atoms with van der Waals surface area (Å²) in [4.78, 5) is 21.4. The van der Waals surface area contributed by atoms with E-state index in [1.807, 2.05) is 20.8 Å². The molecule has 0 unspecified atom stereocenters. The Labute approximate surface area is 156 Å². The van der Waals surface area contributed by atoms with Crippen LogP contribution in [0.3, 0.4) is 0 Å². The summed E-state index contributed by atoms with van der Waals surface area (Å²) in [5, 5.41) is 12.4. The first-order valence-electron chi connectivity index (χ1n) is 8.51. The minimum Gasteiger partial charge on any atom is -0.388 e. The molecule has 0 bridgehead atoms. The Balaban J connectivity index is 2.13. The molecular weight excluding hydrogens is 347 g/mol. The minimum absolute atomic E-state index is 0.250. The molecule has 140 valence electrons. The van der Waals surface area contributed by atoms with Crippen LogP contribution in [-0.4, -0.2) is 31.1 Å². The quantitative estimate of drug-likeness (QED) is 0.742. The number of aromatic nitrogens is 3. The lowest BCUT2D eigenvalue weighted by Crippen LogP contribution is -2.40. The number of benzene rings is 1. The molecule has 7 heteroatoms. The van der Waals surface area contributed by atoms with Crippen molar-refractivity contribution in [1.29, 1.82) is 0 Å². The average Bonchev–Trinajstić information content (AvgIpc) is 3.09. The van der Waals surface area contributed by atoms with Gasteiger partial charge >= 0.3 is 0 Å². The highest BCUT2D eigenvalue weighted by Gasteiger charge is 2.18. The average molecular weight is 368 g/mol. The van der Waals surface area contributed by atoms with Crippen LogP contribution in [0.1, 0.15) is 37.0 Å². The number of halogens is 1. The molecule has 0 aliphatic heterocycles. The van der Waals surface area contributed by atoms with E-state index in [9.17, 15) is 14.3 Å². The molecule has 0 aliphatic carbocycles. The van der Waals surface area contributed by atoms with E-state index < -0.39 is 5.54 Å². The second-order valence-corrected chi connectivity index (χ2v) is 7.18. The van der Waals surface area contributed by atoms with Crippen LogP contribution in [0, 0.1) is 5.82 Å². The van der Waals surface area contributed by atoms with Gasteiger partial charge in [0, 0.05) is 29.1 Å². The van der Waals surface area contributed by atoms with E-state index in [1.54, 1.807) is 41.2 Å². The third-order valence-corrected chi connectivity index (χ3v) is 3.81. The first-order valence-corrected chi connectivity index (χ1v) is 8.51. The largest absolute Gasteiger partial charge is 0.388 e. The molecule has 0 atom stereocenters. The molecule has 0 fully saturated rings. The Morgan fingerprint density at radius 1 is 1.22 bits per heavy atom. The second kappa shape index (κ2) is 7.28. The van der Waals surface area contributed by atoms with Crippen LogP contribution in [0.2, 0.25) is 0 Å². The third-order valence-electron chi connectivity index (χ3n) is 3.81. The lowest BCUT2D eigenvalue weighted by atomic mass is 10.1. The molecule has 0 saturated carbocycles. The molecule has 0 spiro atoms. The predicted molar refractivity (Wildman–Crippen MR) is 99.9 cm³/mol. The smallest absolute Gasteiger partial charge is 0.251 e. The summed E-state index contributed by atoms with van der Waals surface area (Å²) < 4.78 is 14.9. The van der Waals surface area contributed by atoms with Crippen molar-refractivity contribution in [3.63, 3.8) is 0 Å². The van der Waals surface area contributed by atoms with Gasteiger partial charge in [0.05, 0.1) is 5.69 Å². The van der Waals surface area contributed by atoms with E-state index >= 15 is 0 Å². The zero-order chi connectivity index (χ0) is 19.6. The van der Waals surface area contributed by atoms with Crippen molar-refractivity contribution >= 4 is 5.91 Å². The maximum Gasteiger partial charge on any atom is 0.251 e. The van der Waals surface area contributed by atoms with Crippen LogP contribution in [-0.2, 0) is 6.61 Å². The Bertz CT molecular complexity index is 959. The molecule has 0 aliphatic rings. The number of aliphatic hydroxyl groups is 1. The monoisotopic (exact) mass is 368 g/mol. The standard InChI is InChI=1S/C20H21FN4O2/c1-20(2,3)24-19(27)14-10-16(13-4-6-15(21)7-5-13)23-17(11-14)25-9-8-22-18(25)12-26/h4-11,26H,12H2,1-3H3,(H,24,27). The summed E-state index contributed by atoms with van der Waals surface area (Å²) in [7, 11) is 0. The van der Waals surface area contributed by atoms with Crippen molar-refractivity contribution in [3.05, 3.63) is 66.0 Å². The van der Waals surface area contributed by atoms with Crippen LogP contribution in [0.15, 0.2) is 48.8 Å². The maximum atomic E-state index is 13.3. The molecule has 2 heterocycles. The fraction of sp³-hybridized carbons (Fsp3) is 0.250. The summed E-state index contributed by atoms with van der Waals surface area (Å²) in [6.45, 7) is 5.42. The molecule has 0 saturated heterocycles. The molecule has 6 nitrogen and oxygen atoms in total. The van der Waals surface area contributed by atoms with Crippen LogP contribution in [0.25, 0.3) is 17.1 Å². The first-order chi connectivity index (χ1) is 12.8. The zero-order valence-electron chi connectivity index (χ0n) is 15.4. The third kappa shape index (κ3) is 4.38. The zero-order valence-corrected chi connectivity index (χ0v) is 15.4. The maximum absolute atomic E-state index is 13.3. The van der Waals surface area contributed by atoms with Crippen LogP contribution in [0.5, 0.6) is 0 Å². The van der Waals surface area contributed by atoms with Crippen molar-refractivity contribution in [2.75, 3.05) is 0 Å². The molecular formula is C20H21FN4O2. The number of nitrogens with zero attached hydrogens (tertiary/aromatic N) is 3. The van der Waals surface area contributed by atoms with Gasteiger partial charge in [-0.25, -0.2) is 14.4 Å². The van der Waals surface area contributed by atoms with E-state index in [-0.39, 0.29) is 18.3 Å². The number of aliphatic hydroxyl groups excluding tert-OH is 1. The molecule has 3 aromatic rings. The van der Waals surface area contributed by atoms with E-state index in [0.29, 0.717) is 28.5 Å². The number of pyridine rings is 1. The van der Waals surface area contributed by atoms with Gasteiger partial charge in [-0.1, -0.05) is 0 Å². The molecule has 1 amide bonds. The van der Waals surface area contributed by atoms with Crippen LogP contribution in [0.4, 0.5) is 4.39 Å². The van der Waals surface area contributed by atoms with E-state index in [2.05, 4.69) is 15.3 Å². The molecule has 0 radical (unpaired) electrons. The van der Waals surface area contributed by atoms with Crippen molar-refractivity contribution in [2.24, 2.45) is 0 Å². The molecule has 27 heavy (non-hydrogen) atoms. The number of imidazole rings is 1. The Hall–Kier alpha value is -3.06. The van der Waals surface area contributed by atoms with Gasteiger partial charge in [-0.05, 0) is 57.2 Å². The lowest BCUT2D eigenvalue weighted by molar-refractivity contribution is 0.0919. The topological polar surface area (TPSA) is 80.0 Å². The van der Waals surface area contributed by atoms with Gasteiger partial charge < -0.3 is 10.4 Å².